The van der Waals surface area contributed by atoms with Crippen molar-refractivity contribution in [1.82, 2.24) is 0 Å². The lowest BCUT2D eigenvalue weighted by molar-refractivity contribution is -0.210. The summed E-state index contributed by atoms with van der Waals surface area (Å²) in [5, 5.41) is 0. The Morgan fingerprint density at radius 2 is 1.60 bits per heavy atom. The van der Waals surface area contributed by atoms with Gasteiger partial charge in [-0.05, 0) is 111 Å². The molecular formula is C35H54O5. The second-order valence-electron chi connectivity index (χ2n) is 16.3. The van der Waals surface area contributed by atoms with Gasteiger partial charge in [0, 0.05) is 18.3 Å². The molecule has 0 N–H and O–H groups in total. The second kappa shape index (κ2) is 9.43. The summed E-state index contributed by atoms with van der Waals surface area (Å²) in [6.45, 7) is 20.3. The average Bonchev–Trinajstić information content (AvgIpc) is 2.86. The maximum absolute atomic E-state index is 14.5. The van der Waals surface area contributed by atoms with E-state index < -0.39 is 5.41 Å². The molecule has 5 rings (SSSR count). The lowest BCUT2D eigenvalue weighted by atomic mass is 9.33. The summed E-state index contributed by atoms with van der Waals surface area (Å²) in [6.07, 6.45) is 11.5. The van der Waals surface area contributed by atoms with Crippen molar-refractivity contribution in [1.29, 1.82) is 0 Å². The van der Waals surface area contributed by atoms with Crippen molar-refractivity contribution in [2.75, 3.05) is 6.61 Å². The monoisotopic (exact) mass is 554 g/mol. The Labute approximate surface area is 242 Å². The smallest absolute Gasteiger partial charge is 0.311 e. The van der Waals surface area contributed by atoms with Crippen LogP contribution in [0.2, 0.25) is 0 Å². The quantitative estimate of drug-likeness (QED) is 0.331. The average molecular weight is 555 g/mol. The van der Waals surface area contributed by atoms with Crippen molar-refractivity contribution in [3.63, 3.8) is 0 Å². The van der Waals surface area contributed by atoms with E-state index in [2.05, 4.69) is 54.5 Å². The minimum atomic E-state index is -0.498. The molecule has 0 unspecified atom stereocenters. The number of ether oxygens (including phenoxy) is 2. The van der Waals surface area contributed by atoms with Crippen LogP contribution in [0.15, 0.2) is 11.6 Å². The third kappa shape index (κ3) is 4.02. The Hall–Kier alpha value is -1.65. The molecule has 0 aliphatic heterocycles. The lowest BCUT2D eigenvalue weighted by Gasteiger charge is -2.70. The zero-order chi connectivity index (χ0) is 29.5. The number of hydrogen-bond donors (Lipinski definition) is 0. The highest BCUT2D eigenvalue weighted by Crippen LogP contribution is 2.75. The van der Waals surface area contributed by atoms with Gasteiger partial charge in [-0.15, -0.1) is 0 Å². The number of hydrogen-bond acceptors (Lipinski definition) is 5. The highest BCUT2D eigenvalue weighted by atomic mass is 16.5. The first-order valence-corrected chi connectivity index (χ1v) is 16.1. The van der Waals surface area contributed by atoms with E-state index in [0.717, 1.165) is 64.2 Å². The summed E-state index contributed by atoms with van der Waals surface area (Å²) in [4.78, 5) is 39.7. The summed E-state index contributed by atoms with van der Waals surface area (Å²) >= 11 is 0. The van der Waals surface area contributed by atoms with E-state index in [4.69, 9.17) is 9.47 Å². The van der Waals surface area contributed by atoms with Crippen LogP contribution in [0.25, 0.3) is 0 Å². The molecule has 9 atom stereocenters. The first kappa shape index (κ1) is 29.8. The largest absolute Gasteiger partial charge is 0.465 e. The predicted octanol–water partition coefficient (Wildman–Crippen LogP) is 7.85. The molecule has 0 aromatic rings. The number of allylic oxidation sites excluding steroid dienone is 2. The summed E-state index contributed by atoms with van der Waals surface area (Å²) in [5.74, 6) is 0.532. The van der Waals surface area contributed by atoms with Gasteiger partial charge in [0.05, 0.1) is 12.0 Å². The predicted molar refractivity (Wildman–Crippen MR) is 156 cm³/mol. The molecule has 0 heterocycles. The molecule has 0 amide bonds. The van der Waals surface area contributed by atoms with E-state index in [0.29, 0.717) is 18.3 Å². The van der Waals surface area contributed by atoms with Gasteiger partial charge in [0.25, 0.3) is 0 Å². The zero-order valence-electron chi connectivity index (χ0n) is 26.7. The van der Waals surface area contributed by atoms with E-state index in [1.54, 1.807) is 0 Å². The standard InChI is InChI=1S/C35H54O5/c1-10-19-39-29(38)32(6)16-15-31(5)17-18-34(8)23(24(31)21-32)20-25(37)28-33(7)13-12-27(40-22(2)36)30(3,4)26(33)11-14-35(28,34)9/h20,24,26-28H,10-19,21H2,1-9H3/t24-,26+,27+,28-,31-,32-,33-,34-,35-/m1/s1. The molecule has 0 radical (unpaired) electrons. The fourth-order valence-corrected chi connectivity index (χ4v) is 11.1. The summed E-state index contributed by atoms with van der Waals surface area (Å²) in [7, 11) is 0. The van der Waals surface area contributed by atoms with Gasteiger partial charge in [-0.1, -0.05) is 54.0 Å². The fourth-order valence-electron chi connectivity index (χ4n) is 11.1. The Morgan fingerprint density at radius 3 is 2.25 bits per heavy atom. The Balaban J connectivity index is 1.54. The van der Waals surface area contributed by atoms with Gasteiger partial charge in [-0.2, -0.15) is 0 Å². The van der Waals surface area contributed by atoms with Crippen molar-refractivity contribution < 1.29 is 23.9 Å². The first-order chi connectivity index (χ1) is 18.5. The first-order valence-electron chi connectivity index (χ1n) is 16.1. The molecular weight excluding hydrogens is 500 g/mol. The molecule has 0 spiro atoms. The molecule has 40 heavy (non-hydrogen) atoms. The maximum Gasteiger partial charge on any atom is 0.311 e. The fraction of sp³-hybridized carbons (Fsp3) is 0.857. The zero-order valence-corrected chi connectivity index (χ0v) is 26.7. The highest BCUT2D eigenvalue weighted by molar-refractivity contribution is 5.95. The number of carbonyl (C=O) groups is 3. The van der Waals surface area contributed by atoms with Crippen molar-refractivity contribution in [3.05, 3.63) is 11.6 Å². The number of rotatable bonds is 4. The molecule has 224 valence electrons. The Bertz CT molecular complexity index is 1120. The van der Waals surface area contributed by atoms with Gasteiger partial charge in [-0.3, -0.25) is 14.4 Å². The van der Waals surface area contributed by atoms with E-state index in [9.17, 15) is 14.4 Å². The number of esters is 2. The number of fused-ring (bicyclic) bond motifs is 7. The maximum atomic E-state index is 14.5. The molecule has 5 nitrogen and oxygen atoms in total. The van der Waals surface area contributed by atoms with Crippen LogP contribution in [0, 0.1) is 50.2 Å². The van der Waals surface area contributed by atoms with Gasteiger partial charge < -0.3 is 9.47 Å². The van der Waals surface area contributed by atoms with Crippen LogP contribution in [0.3, 0.4) is 0 Å². The molecule has 5 heteroatoms. The van der Waals surface area contributed by atoms with Crippen molar-refractivity contribution >= 4 is 17.7 Å². The molecule has 5 aliphatic carbocycles. The van der Waals surface area contributed by atoms with Gasteiger partial charge in [0.15, 0.2) is 5.78 Å². The SMILES string of the molecule is CCCOC(=O)[C@]1(C)CC[C@]2(C)CC[C@]3(C)C(=CC(=O)[C@@H]4[C@]5(C)CC[C@H](OC(C)=O)C(C)(C)[C@@H]5CC[C@]43C)[C@H]2C1. The third-order valence-electron chi connectivity index (χ3n) is 13.8. The van der Waals surface area contributed by atoms with E-state index in [1.165, 1.54) is 12.5 Å². The number of ketones is 1. The van der Waals surface area contributed by atoms with Crippen LogP contribution in [0.5, 0.6) is 0 Å². The Kier molecular flexibility index (Phi) is 7.03. The topological polar surface area (TPSA) is 69.7 Å². The van der Waals surface area contributed by atoms with Crippen LogP contribution < -0.4 is 0 Å². The van der Waals surface area contributed by atoms with Crippen molar-refractivity contribution in [2.24, 2.45) is 50.2 Å². The minimum Gasteiger partial charge on any atom is -0.465 e. The van der Waals surface area contributed by atoms with Gasteiger partial charge in [-0.25, -0.2) is 0 Å². The second-order valence-corrected chi connectivity index (χ2v) is 16.3. The normalized spacial score (nSPS) is 47.5. The van der Waals surface area contributed by atoms with Crippen LogP contribution in [-0.2, 0) is 23.9 Å². The molecule has 0 aromatic heterocycles. The third-order valence-corrected chi connectivity index (χ3v) is 13.8. The van der Waals surface area contributed by atoms with Gasteiger partial charge >= 0.3 is 11.9 Å². The van der Waals surface area contributed by atoms with Crippen molar-refractivity contribution in [3.8, 4) is 0 Å². The molecule has 0 saturated heterocycles. The van der Waals surface area contributed by atoms with Crippen LogP contribution in [-0.4, -0.2) is 30.4 Å². The molecule has 4 fully saturated rings. The van der Waals surface area contributed by atoms with E-state index in [1.807, 2.05) is 6.92 Å². The minimum absolute atomic E-state index is 0.0427. The molecule has 0 aromatic carbocycles. The van der Waals surface area contributed by atoms with Crippen LogP contribution in [0.1, 0.15) is 127 Å². The van der Waals surface area contributed by atoms with Crippen LogP contribution >= 0.6 is 0 Å². The van der Waals surface area contributed by atoms with Crippen LogP contribution in [0.4, 0.5) is 0 Å². The van der Waals surface area contributed by atoms with Gasteiger partial charge in [0.2, 0.25) is 0 Å². The highest BCUT2D eigenvalue weighted by Gasteiger charge is 2.70. The molecule has 5 aliphatic rings. The summed E-state index contributed by atoms with van der Waals surface area (Å²) in [5.41, 5.74) is 0.413. The number of carbonyl (C=O) groups excluding carboxylic acids is 3. The van der Waals surface area contributed by atoms with E-state index in [-0.39, 0.29) is 57.0 Å². The van der Waals surface area contributed by atoms with E-state index >= 15 is 0 Å². The molecule has 0 bridgehead atoms. The van der Waals surface area contributed by atoms with Gasteiger partial charge in [0.1, 0.15) is 6.10 Å². The summed E-state index contributed by atoms with van der Waals surface area (Å²) < 4.78 is 11.6. The molecule has 4 saturated carbocycles. The van der Waals surface area contributed by atoms with Crippen molar-refractivity contribution in [2.45, 2.75) is 133 Å². The lowest BCUT2D eigenvalue weighted by Crippen LogP contribution is -2.66. The summed E-state index contributed by atoms with van der Waals surface area (Å²) in [6, 6.07) is 0. The Morgan fingerprint density at radius 1 is 0.925 bits per heavy atom.